The number of fused-ring (bicyclic) bond motifs is 2. The van der Waals surface area contributed by atoms with E-state index in [1.807, 2.05) is 23.1 Å². The molecule has 114 valence electrons. The fourth-order valence-electron chi connectivity index (χ4n) is 2.92. The summed E-state index contributed by atoms with van der Waals surface area (Å²) in [6, 6.07) is 11.4. The van der Waals surface area contributed by atoms with Crippen LogP contribution in [-0.2, 0) is 5.75 Å². The predicted octanol–water partition coefficient (Wildman–Crippen LogP) is 5.25. The highest BCUT2D eigenvalue weighted by Crippen LogP contribution is 2.44. The average molecular weight is 340 g/mol. The molecule has 1 nitrogen and oxygen atoms in total. The molecule has 0 saturated heterocycles. The molecule has 0 bridgehead atoms. The van der Waals surface area contributed by atoms with E-state index in [9.17, 15) is 0 Å². The van der Waals surface area contributed by atoms with Gasteiger partial charge in [0.25, 0.3) is 0 Å². The minimum Gasteiger partial charge on any atom is -0.309 e. The highest BCUT2D eigenvalue weighted by Gasteiger charge is 2.24. The lowest BCUT2D eigenvalue weighted by Gasteiger charge is -2.19. The van der Waals surface area contributed by atoms with Gasteiger partial charge in [-0.25, -0.2) is 0 Å². The van der Waals surface area contributed by atoms with E-state index in [-0.39, 0.29) is 12.4 Å². The van der Waals surface area contributed by atoms with E-state index >= 15 is 0 Å². The van der Waals surface area contributed by atoms with Crippen molar-refractivity contribution in [1.82, 2.24) is 4.90 Å². The van der Waals surface area contributed by atoms with Crippen LogP contribution in [-0.4, -0.2) is 25.5 Å². The number of hydrogen-bond acceptors (Lipinski definition) is 3. The average Bonchev–Trinajstić information content (AvgIpc) is 2.84. The standard InChI is InChI=1S/C17H21NS2.ClH/c1-18(2)10-5-8-15-14-7-4-3-6-13(14)12-20-17-16(15)9-11-19-17;/h3-4,6-7,9,11,15H,5,8,10,12H2,1-2H3;1H. The van der Waals surface area contributed by atoms with Crippen LogP contribution in [0.2, 0.25) is 0 Å². The number of thiophene rings is 1. The monoisotopic (exact) mass is 339 g/mol. The molecule has 0 radical (unpaired) electrons. The molecule has 1 atom stereocenters. The van der Waals surface area contributed by atoms with Crippen LogP contribution in [0.1, 0.15) is 35.4 Å². The maximum Gasteiger partial charge on any atom is 0.0640 e. The normalized spacial score (nSPS) is 16.8. The third-order valence-corrected chi connectivity index (χ3v) is 6.24. The third-order valence-electron chi connectivity index (χ3n) is 3.92. The van der Waals surface area contributed by atoms with Crippen LogP contribution in [0.15, 0.2) is 39.9 Å². The molecule has 1 aliphatic rings. The topological polar surface area (TPSA) is 3.24 Å². The Kier molecular flexibility index (Phi) is 6.18. The zero-order valence-corrected chi connectivity index (χ0v) is 15.0. The molecule has 0 spiro atoms. The Balaban J connectivity index is 0.00000161. The van der Waals surface area contributed by atoms with Crippen molar-refractivity contribution in [2.45, 2.75) is 28.7 Å². The van der Waals surface area contributed by atoms with Crippen LogP contribution in [0, 0.1) is 0 Å². The van der Waals surface area contributed by atoms with Crippen LogP contribution in [0.4, 0.5) is 0 Å². The van der Waals surface area contributed by atoms with Gasteiger partial charge in [0.1, 0.15) is 0 Å². The van der Waals surface area contributed by atoms with Gasteiger partial charge in [0.2, 0.25) is 0 Å². The summed E-state index contributed by atoms with van der Waals surface area (Å²) in [6.07, 6.45) is 2.51. The molecule has 1 unspecified atom stereocenters. The minimum absolute atomic E-state index is 0. The lowest BCUT2D eigenvalue weighted by Crippen LogP contribution is -2.14. The summed E-state index contributed by atoms with van der Waals surface area (Å²) >= 11 is 3.92. The predicted molar refractivity (Wildman–Crippen MR) is 97.2 cm³/mol. The van der Waals surface area contributed by atoms with Gasteiger partial charge in [-0.2, -0.15) is 0 Å². The molecular weight excluding hydrogens is 318 g/mol. The van der Waals surface area contributed by atoms with Crippen LogP contribution >= 0.6 is 35.5 Å². The zero-order chi connectivity index (χ0) is 13.9. The van der Waals surface area contributed by atoms with Crippen molar-refractivity contribution in [2.75, 3.05) is 20.6 Å². The van der Waals surface area contributed by atoms with Gasteiger partial charge in [-0.15, -0.1) is 35.5 Å². The number of benzene rings is 1. The summed E-state index contributed by atoms with van der Waals surface area (Å²) in [5, 5.41) is 2.25. The molecule has 0 N–H and O–H groups in total. The summed E-state index contributed by atoms with van der Waals surface area (Å²) in [4.78, 5) is 2.28. The minimum atomic E-state index is 0. The second-order valence-electron chi connectivity index (χ2n) is 5.65. The molecule has 2 aromatic rings. The maximum absolute atomic E-state index is 2.34. The van der Waals surface area contributed by atoms with E-state index in [0.717, 1.165) is 5.75 Å². The molecule has 1 aromatic heterocycles. The second kappa shape index (κ2) is 7.68. The molecule has 4 heteroatoms. The Hall–Kier alpha value is -0.480. The van der Waals surface area contributed by atoms with Crippen molar-refractivity contribution >= 4 is 35.5 Å². The molecule has 0 fully saturated rings. The van der Waals surface area contributed by atoms with Crippen LogP contribution in [0.5, 0.6) is 0 Å². The van der Waals surface area contributed by atoms with Gasteiger partial charge in [-0.05, 0) is 61.6 Å². The molecule has 21 heavy (non-hydrogen) atoms. The Bertz CT molecular complexity index is 580. The molecular formula is C17H22ClNS2. The number of rotatable bonds is 4. The number of hydrogen-bond donors (Lipinski definition) is 0. The van der Waals surface area contributed by atoms with E-state index < -0.39 is 0 Å². The Morgan fingerprint density at radius 1 is 1.14 bits per heavy atom. The molecule has 0 aliphatic carbocycles. The Morgan fingerprint density at radius 2 is 1.95 bits per heavy atom. The van der Waals surface area contributed by atoms with Crippen LogP contribution < -0.4 is 0 Å². The number of halogens is 1. The third kappa shape index (κ3) is 3.84. The summed E-state index contributed by atoms with van der Waals surface area (Å²) in [5.74, 6) is 1.70. The fraction of sp³-hybridized carbons (Fsp3) is 0.412. The molecule has 0 saturated carbocycles. The van der Waals surface area contributed by atoms with Crippen LogP contribution in [0.3, 0.4) is 0 Å². The molecule has 1 aromatic carbocycles. The van der Waals surface area contributed by atoms with Crippen molar-refractivity contribution in [2.24, 2.45) is 0 Å². The van der Waals surface area contributed by atoms with E-state index in [4.69, 9.17) is 0 Å². The summed E-state index contributed by atoms with van der Waals surface area (Å²) in [5.41, 5.74) is 4.63. The zero-order valence-electron chi connectivity index (χ0n) is 12.5. The molecule has 0 amide bonds. The van der Waals surface area contributed by atoms with Crippen molar-refractivity contribution in [3.63, 3.8) is 0 Å². The highest BCUT2D eigenvalue weighted by atomic mass is 35.5. The van der Waals surface area contributed by atoms with E-state index in [2.05, 4.69) is 54.7 Å². The summed E-state index contributed by atoms with van der Waals surface area (Å²) < 4.78 is 1.52. The van der Waals surface area contributed by atoms with Gasteiger partial charge >= 0.3 is 0 Å². The SMILES string of the molecule is CN(C)CCCC1c2ccccc2CSc2sccc21.Cl. The quantitative estimate of drug-likeness (QED) is 0.748. The smallest absolute Gasteiger partial charge is 0.0640 e. The number of nitrogens with zero attached hydrogens (tertiary/aromatic N) is 1. The van der Waals surface area contributed by atoms with Gasteiger partial charge in [0.15, 0.2) is 0 Å². The van der Waals surface area contributed by atoms with Gasteiger partial charge in [-0.3, -0.25) is 0 Å². The second-order valence-corrected chi connectivity index (χ2v) is 7.81. The molecule has 1 aliphatic heterocycles. The maximum atomic E-state index is 2.34. The Morgan fingerprint density at radius 3 is 2.76 bits per heavy atom. The first kappa shape index (κ1) is 16.9. The lowest BCUT2D eigenvalue weighted by atomic mass is 9.86. The van der Waals surface area contributed by atoms with E-state index in [1.165, 1.54) is 29.2 Å². The van der Waals surface area contributed by atoms with Gasteiger partial charge < -0.3 is 4.90 Å². The molecule has 2 heterocycles. The van der Waals surface area contributed by atoms with Gasteiger partial charge in [0, 0.05) is 11.7 Å². The van der Waals surface area contributed by atoms with Crippen molar-refractivity contribution in [1.29, 1.82) is 0 Å². The van der Waals surface area contributed by atoms with Crippen LogP contribution in [0.25, 0.3) is 0 Å². The summed E-state index contributed by atoms with van der Waals surface area (Å²) in [7, 11) is 4.32. The fourth-order valence-corrected chi connectivity index (χ4v) is 5.15. The lowest BCUT2D eigenvalue weighted by molar-refractivity contribution is 0.389. The molecule has 3 rings (SSSR count). The first-order valence-corrected chi connectivity index (χ1v) is 9.05. The van der Waals surface area contributed by atoms with Crippen molar-refractivity contribution in [3.8, 4) is 0 Å². The first-order chi connectivity index (χ1) is 9.75. The summed E-state index contributed by atoms with van der Waals surface area (Å²) in [6.45, 7) is 1.17. The van der Waals surface area contributed by atoms with Crippen molar-refractivity contribution in [3.05, 3.63) is 52.4 Å². The largest absolute Gasteiger partial charge is 0.309 e. The van der Waals surface area contributed by atoms with Crippen molar-refractivity contribution < 1.29 is 0 Å². The Labute approximate surface area is 142 Å². The van der Waals surface area contributed by atoms with Gasteiger partial charge in [0.05, 0.1) is 4.21 Å². The van der Waals surface area contributed by atoms with Gasteiger partial charge in [-0.1, -0.05) is 24.3 Å². The number of thioether (sulfide) groups is 1. The van der Waals surface area contributed by atoms with E-state index in [0.29, 0.717) is 5.92 Å². The van der Waals surface area contributed by atoms with E-state index in [1.54, 1.807) is 11.1 Å². The highest BCUT2D eigenvalue weighted by molar-refractivity contribution is 8.00. The first-order valence-electron chi connectivity index (χ1n) is 7.18.